The molecular weight excluding hydrogens is 402 g/mol. The van der Waals surface area contributed by atoms with Gasteiger partial charge in [-0.2, -0.15) is 0 Å². The van der Waals surface area contributed by atoms with Gasteiger partial charge in [0.05, 0.1) is 19.0 Å². The van der Waals surface area contributed by atoms with Crippen LogP contribution in [0.5, 0.6) is 5.88 Å². The summed E-state index contributed by atoms with van der Waals surface area (Å²) in [6.45, 7) is 3.63. The molecule has 1 saturated heterocycles. The number of amides is 1. The molecule has 1 amide bonds. The molecule has 0 radical (unpaired) electrons. The molecule has 2 N–H and O–H groups in total. The third-order valence-electron chi connectivity index (χ3n) is 4.25. The highest BCUT2D eigenvalue weighted by atomic mass is 79.9. The fourth-order valence-electron chi connectivity index (χ4n) is 2.96. The maximum absolute atomic E-state index is 11.1. The van der Waals surface area contributed by atoms with Crippen LogP contribution >= 0.6 is 15.9 Å². The first-order valence-corrected chi connectivity index (χ1v) is 8.94. The Morgan fingerprint density at radius 1 is 1.35 bits per heavy atom. The van der Waals surface area contributed by atoms with Gasteiger partial charge in [0.25, 0.3) is 0 Å². The van der Waals surface area contributed by atoms with Crippen LogP contribution in [-0.2, 0) is 0 Å². The minimum Gasteiger partial charge on any atom is -0.480 e. The number of carbonyl (C=O) groups is 1. The molecule has 1 aliphatic rings. The first kappa shape index (κ1) is 18.2. The number of piperazine rings is 1. The average Bonchev–Trinajstić information content (AvgIpc) is 2.62. The fourth-order valence-corrected chi connectivity index (χ4v) is 3.29. The Kier molecular flexibility index (Phi) is 5.46. The molecule has 9 heteroatoms. The summed E-state index contributed by atoms with van der Waals surface area (Å²) in [7, 11) is 1.57. The summed E-state index contributed by atoms with van der Waals surface area (Å²) < 4.78 is 6.09. The van der Waals surface area contributed by atoms with Crippen molar-refractivity contribution in [3.05, 3.63) is 35.1 Å². The number of nitrogens with one attached hydrogen (secondary N) is 1. The van der Waals surface area contributed by atoms with E-state index in [4.69, 9.17) is 9.84 Å². The molecule has 3 rings (SSSR count). The topological polar surface area (TPSA) is 90.8 Å². The van der Waals surface area contributed by atoms with Gasteiger partial charge in [0.2, 0.25) is 5.88 Å². The van der Waals surface area contributed by atoms with Gasteiger partial charge in [-0.15, -0.1) is 0 Å². The van der Waals surface area contributed by atoms with Crippen LogP contribution in [-0.4, -0.2) is 58.9 Å². The Morgan fingerprint density at radius 3 is 2.77 bits per heavy atom. The molecule has 138 valence electrons. The molecule has 3 heterocycles. The van der Waals surface area contributed by atoms with E-state index in [9.17, 15) is 4.79 Å². The lowest BCUT2D eigenvalue weighted by Gasteiger charge is -2.39. The predicted octanol–water partition coefficient (Wildman–Crippen LogP) is 3.18. The van der Waals surface area contributed by atoms with Gasteiger partial charge in [-0.1, -0.05) is 0 Å². The summed E-state index contributed by atoms with van der Waals surface area (Å²) >= 11 is 3.39. The first-order valence-electron chi connectivity index (χ1n) is 8.15. The second kappa shape index (κ2) is 7.77. The van der Waals surface area contributed by atoms with E-state index in [0.29, 0.717) is 37.0 Å². The zero-order chi connectivity index (χ0) is 18.7. The monoisotopic (exact) mass is 421 g/mol. The molecule has 0 spiro atoms. The minimum atomic E-state index is -0.870. The Morgan fingerprint density at radius 2 is 2.15 bits per heavy atom. The largest absolute Gasteiger partial charge is 0.480 e. The van der Waals surface area contributed by atoms with Gasteiger partial charge >= 0.3 is 6.09 Å². The van der Waals surface area contributed by atoms with E-state index in [0.717, 1.165) is 10.2 Å². The zero-order valence-corrected chi connectivity index (χ0v) is 16.1. The number of hydrogen-bond donors (Lipinski definition) is 2. The van der Waals surface area contributed by atoms with Crippen molar-refractivity contribution >= 4 is 39.2 Å². The molecule has 8 nitrogen and oxygen atoms in total. The number of nitrogens with zero attached hydrogens (tertiary/aromatic N) is 4. The lowest BCUT2D eigenvalue weighted by molar-refractivity contribution is 0.136. The number of carboxylic acid groups (broad SMARTS) is 1. The van der Waals surface area contributed by atoms with E-state index >= 15 is 0 Å². The molecule has 1 aliphatic heterocycles. The molecule has 1 fully saturated rings. The predicted molar refractivity (Wildman–Crippen MR) is 102 cm³/mol. The second-order valence-electron chi connectivity index (χ2n) is 6.01. The number of pyridine rings is 2. The molecule has 0 bridgehead atoms. The minimum absolute atomic E-state index is 0.0924. The average molecular weight is 422 g/mol. The van der Waals surface area contributed by atoms with Gasteiger partial charge in [-0.05, 0) is 41.1 Å². The number of rotatable bonds is 4. The van der Waals surface area contributed by atoms with Crippen LogP contribution in [0.15, 0.2) is 35.1 Å². The Hall–Kier alpha value is -2.55. The lowest BCUT2D eigenvalue weighted by Crippen LogP contribution is -2.53. The number of methoxy groups -OCH3 is 1. The van der Waals surface area contributed by atoms with Crippen molar-refractivity contribution in [3.63, 3.8) is 0 Å². The standard InChI is InChI=1S/C17H20BrN5O3/c1-11-10-22(17(24)25)5-6-23(11)13-3-4-15(19-9-13)21-14-7-12(18)8-20-16(14)26-2/h3-4,7-9,11H,5-6,10H2,1-2H3,(H,19,21)(H,24,25)/t11-/m0/s1. The van der Waals surface area contributed by atoms with Crippen LogP contribution in [0.1, 0.15) is 6.92 Å². The highest BCUT2D eigenvalue weighted by Gasteiger charge is 2.26. The summed E-state index contributed by atoms with van der Waals surface area (Å²) in [5, 5.41) is 12.3. The zero-order valence-electron chi connectivity index (χ0n) is 14.5. The van der Waals surface area contributed by atoms with Crippen LogP contribution in [0, 0.1) is 0 Å². The Bertz CT molecular complexity index is 786. The molecule has 26 heavy (non-hydrogen) atoms. The summed E-state index contributed by atoms with van der Waals surface area (Å²) in [5.41, 5.74) is 1.68. The maximum atomic E-state index is 11.1. The van der Waals surface area contributed by atoms with Crippen LogP contribution in [0.2, 0.25) is 0 Å². The van der Waals surface area contributed by atoms with Crippen molar-refractivity contribution in [3.8, 4) is 5.88 Å². The molecule has 2 aromatic rings. The van der Waals surface area contributed by atoms with Crippen molar-refractivity contribution in [2.24, 2.45) is 0 Å². The van der Waals surface area contributed by atoms with Crippen molar-refractivity contribution in [2.75, 3.05) is 37.0 Å². The summed E-state index contributed by atoms with van der Waals surface area (Å²) in [5.74, 6) is 1.15. The number of hydrogen-bond acceptors (Lipinski definition) is 6. The van der Waals surface area contributed by atoms with E-state index in [2.05, 4.69) is 36.1 Å². The van der Waals surface area contributed by atoms with Gasteiger partial charge in [-0.25, -0.2) is 14.8 Å². The molecule has 0 aliphatic carbocycles. The third-order valence-corrected chi connectivity index (χ3v) is 4.69. The van der Waals surface area contributed by atoms with Crippen molar-refractivity contribution in [1.82, 2.24) is 14.9 Å². The summed E-state index contributed by atoms with van der Waals surface area (Å²) in [4.78, 5) is 23.4. The smallest absolute Gasteiger partial charge is 0.407 e. The van der Waals surface area contributed by atoms with Crippen LogP contribution in [0.25, 0.3) is 0 Å². The van der Waals surface area contributed by atoms with Crippen molar-refractivity contribution in [2.45, 2.75) is 13.0 Å². The van der Waals surface area contributed by atoms with Crippen molar-refractivity contribution < 1.29 is 14.6 Å². The van der Waals surface area contributed by atoms with Gasteiger partial charge in [0.15, 0.2) is 0 Å². The lowest BCUT2D eigenvalue weighted by atomic mass is 10.2. The first-order chi connectivity index (χ1) is 12.5. The second-order valence-corrected chi connectivity index (χ2v) is 6.92. The van der Waals surface area contributed by atoms with E-state index in [-0.39, 0.29) is 6.04 Å². The molecule has 2 aromatic heterocycles. The highest BCUT2D eigenvalue weighted by molar-refractivity contribution is 9.10. The van der Waals surface area contributed by atoms with E-state index < -0.39 is 6.09 Å². The highest BCUT2D eigenvalue weighted by Crippen LogP contribution is 2.28. The number of ether oxygens (including phenoxy) is 1. The number of anilines is 3. The van der Waals surface area contributed by atoms with Gasteiger partial charge in [-0.3, -0.25) is 0 Å². The molecular formula is C17H20BrN5O3. The Labute approximate surface area is 159 Å². The van der Waals surface area contributed by atoms with E-state index in [1.165, 1.54) is 4.90 Å². The number of halogens is 1. The Balaban J connectivity index is 1.71. The van der Waals surface area contributed by atoms with Crippen LogP contribution in [0.4, 0.5) is 22.0 Å². The fraction of sp³-hybridized carbons (Fsp3) is 0.353. The SMILES string of the molecule is COc1ncc(Br)cc1Nc1ccc(N2CCN(C(=O)O)C[C@@H]2C)cn1. The molecule has 0 aromatic carbocycles. The molecule has 0 saturated carbocycles. The van der Waals surface area contributed by atoms with Gasteiger partial charge in [0, 0.05) is 36.3 Å². The quantitative estimate of drug-likeness (QED) is 0.782. The maximum Gasteiger partial charge on any atom is 0.407 e. The van der Waals surface area contributed by atoms with Crippen LogP contribution < -0.4 is 15.0 Å². The van der Waals surface area contributed by atoms with E-state index in [1.807, 2.05) is 25.1 Å². The molecule has 1 atom stereocenters. The van der Waals surface area contributed by atoms with Crippen molar-refractivity contribution in [1.29, 1.82) is 0 Å². The number of aromatic nitrogens is 2. The van der Waals surface area contributed by atoms with Gasteiger partial charge < -0.3 is 25.0 Å². The normalized spacial score (nSPS) is 17.1. The molecule has 0 unspecified atom stereocenters. The van der Waals surface area contributed by atoms with Crippen LogP contribution in [0.3, 0.4) is 0 Å². The summed E-state index contributed by atoms with van der Waals surface area (Å²) in [6, 6.07) is 5.82. The summed E-state index contributed by atoms with van der Waals surface area (Å²) in [6.07, 6.45) is 2.58. The van der Waals surface area contributed by atoms with Gasteiger partial charge in [0.1, 0.15) is 11.5 Å². The van der Waals surface area contributed by atoms with E-state index in [1.54, 1.807) is 19.5 Å². The third kappa shape index (κ3) is 3.98.